The van der Waals surface area contributed by atoms with Crippen molar-refractivity contribution in [3.05, 3.63) is 48.0 Å². The van der Waals surface area contributed by atoms with Crippen LogP contribution in [0.4, 0.5) is 13.2 Å². The minimum absolute atomic E-state index is 0.0671. The third kappa shape index (κ3) is 3.43. The molecule has 0 aromatic heterocycles. The Labute approximate surface area is 78.9 Å². The lowest BCUT2D eigenvalue weighted by Crippen LogP contribution is -2.03. The van der Waals surface area contributed by atoms with E-state index in [0.717, 1.165) is 0 Å². The fraction of sp³-hybridized carbons (Fsp3) is 0.100. The summed E-state index contributed by atoms with van der Waals surface area (Å²) < 4.78 is 35.1. The second-order valence-corrected chi connectivity index (χ2v) is 2.61. The van der Waals surface area contributed by atoms with Crippen molar-refractivity contribution in [2.24, 2.45) is 0 Å². The van der Waals surface area contributed by atoms with Crippen LogP contribution in [0.15, 0.2) is 42.5 Å². The van der Waals surface area contributed by atoms with Gasteiger partial charge in [0, 0.05) is 11.6 Å². The van der Waals surface area contributed by atoms with Crippen molar-refractivity contribution in [3.63, 3.8) is 0 Å². The molecule has 0 bridgehead atoms. The van der Waals surface area contributed by atoms with Crippen LogP contribution in [0.3, 0.4) is 0 Å². The summed E-state index contributed by atoms with van der Waals surface area (Å²) in [6.07, 6.45) is -3.98. The van der Waals surface area contributed by atoms with Gasteiger partial charge in [-0.25, -0.2) is 0 Å². The van der Waals surface area contributed by atoms with Crippen molar-refractivity contribution in [2.45, 2.75) is 6.18 Å². The Balaban J connectivity index is 2.74. The van der Waals surface area contributed by atoms with Gasteiger partial charge in [-0.1, -0.05) is 30.3 Å². The fourth-order valence-corrected chi connectivity index (χ4v) is 0.869. The first-order valence-corrected chi connectivity index (χ1v) is 3.84. The van der Waals surface area contributed by atoms with E-state index in [4.69, 9.17) is 0 Å². The molecule has 0 unspecified atom stereocenters. The van der Waals surface area contributed by atoms with E-state index in [1.807, 2.05) is 0 Å². The second-order valence-electron chi connectivity index (χ2n) is 2.61. The topological polar surface area (TPSA) is 17.1 Å². The van der Waals surface area contributed by atoms with Gasteiger partial charge in [0.1, 0.15) is 0 Å². The molecule has 0 saturated carbocycles. The molecule has 0 atom stereocenters. The van der Waals surface area contributed by atoms with Gasteiger partial charge in [-0.2, -0.15) is 13.2 Å². The number of carbonyl (C=O) groups excluding carboxylic acids is 1. The summed E-state index contributed by atoms with van der Waals surface area (Å²) in [6.45, 7) is 0. The van der Waals surface area contributed by atoms with Crippen LogP contribution in [0.2, 0.25) is 0 Å². The van der Waals surface area contributed by atoms with E-state index in [9.17, 15) is 18.0 Å². The van der Waals surface area contributed by atoms with E-state index in [0.29, 0.717) is 6.08 Å². The summed E-state index contributed by atoms with van der Waals surface area (Å²) in [5.41, 5.74) is 0.244. The summed E-state index contributed by atoms with van der Waals surface area (Å²) in [7, 11) is 0. The number of hydrogen-bond acceptors (Lipinski definition) is 1. The molecule has 0 heterocycles. The van der Waals surface area contributed by atoms with Crippen LogP contribution in [-0.2, 0) is 0 Å². The molecule has 14 heavy (non-hydrogen) atoms. The highest BCUT2D eigenvalue weighted by Crippen LogP contribution is 2.16. The molecule has 0 fully saturated rings. The van der Waals surface area contributed by atoms with Gasteiger partial charge in [-0.05, 0) is 6.08 Å². The minimum atomic E-state index is -4.44. The monoisotopic (exact) mass is 200 g/mol. The quantitative estimate of drug-likeness (QED) is 0.529. The molecule has 74 valence electrons. The molecule has 0 N–H and O–H groups in total. The van der Waals surface area contributed by atoms with Gasteiger partial charge in [0.25, 0.3) is 0 Å². The van der Waals surface area contributed by atoms with Crippen molar-refractivity contribution in [3.8, 4) is 0 Å². The van der Waals surface area contributed by atoms with Gasteiger partial charge in [-0.3, -0.25) is 4.79 Å². The molecule has 0 amide bonds. The number of alkyl halides is 3. The predicted molar refractivity (Wildman–Crippen MR) is 46.0 cm³/mol. The zero-order valence-corrected chi connectivity index (χ0v) is 7.08. The summed E-state index contributed by atoms with van der Waals surface area (Å²) in [5.74, 6) is -0.650. The largest absolute Gasteiger partial charge is 0.409 e. The van der Waals surface area contributed by atoms with Crippen LogP contribution in [0.25, 0.3) is 0 Å². The summed E-state index contributed by atoms with van der Waals surface area (Å²) >= 11 is 0. The number of allylic oxidation sites excluding steroid dienone is 2. The number of ketones is 1. The van der Waals surface area contributed by atoms with E-state index in [2.05, 4.69) is 0 Å². The van der Waals surface area contributed by atoms with E-state index in [1.165, 1.54) is 12.1 Å². The summed E-state index contributed by atoms with van der Waals surface area (Å²) in [5, 5.41) is 0. The molecule has 0 spiro atoms. The number of rotatable bonds is 2. The molecule has 1 nitrogen and oxygen atoms in total. The molecule has 1 rings (SSSR count). The minimum Gasteiger partial charge on any atom is -0.289 e. The first-order valence-electron chi connectivity index (χ1n) is 3.84. The van der Waals surface area contributed by atoms with Crippen molar-refractivity contribution < 1.29 is 18.0 Å². The van der Waals surface area contributed by atoms with Crippen LogP contribution in [0, 0.1) is 0 Å². The zero-order valence-electron chi connectivity index (χ0n) is 7.08. The van der Waals surface area contributed by atoms with Crippen LogP contribution in [0.5, 0.6) is 0 Å². The standard InChI is InChI=1S/C10H7F3O/c11-10(12,13)7-6-9(14)8-4-2-1-3-5-8/h1-7H. The lowest BCUT2D eigenvalue weighted by atomic mass is 10.1. The third-order valence-corrected chi connectivity index (χ3v) is 1.48. The Morgan fingerprint density at radius 1 is 1.14 bits per heavy atom. The maximum atomic E-state index is 11.7. The van der Waals surface area contributed by atoms with Gasteiger partial charge >= 0.3 is 6.18 Å². The Morgan fingerprint density at radius 3 is 2.21 bits per heavy atom. The molecule has 4 heteroatoms. The highest BCUT2D eigenvalue weighted by molar-refractivity contribution is 6.04. The van der Waals surface area contributed by atoms with Gasteiger partial charge < -0.3 is 0 Å². The van der Waals surface area contributed by atoms with Crippen molar-refractivity contribution in [1.29, 1.82) is 0 Å². The third-order valence-electron chi connectivity index (χ3n) is 1.48. The second kappa shape index (κ2) is 4.09. The molecule has 0 aliphatic carbocycles. The molecule has 1 aromatic carbocycles. The molecular weight excluding hydrogens is 193 g/mol. The molecule has 0 saturated heterocycles. The van der Waals surface area contributed by atoms with Crippen LogP contribution < -0.4 is 0 Å². The van der Waals surface area contributed by atoms with Crippen LogP contribution in [0.1, 0.15) is 10.4 Å². The number of carbonyl (C=O) groups is 1. The summed E-state index contributed by atoms with van der Waals surface area (Å²) in [6, 6.07) is 7.79. The van der Waals surface area contributed by atoms with Gasteiger partial charge in [0.2, 0.25) is 0 Å². The zero-order chi connectivity index (χ0) is 10.6. The number of hydrogen-bond donors (Lipinski definition) is 0. The maximum absolute atomic E-state index is 11.7. The fourth-order valence-electron chi connectivity index (χ4n) is 0.869. The highest BCUT2D eigenvalue weighted by Gasteiger charge is 2.22. The highest BCUT2D eigenvalue weighted by atomic mass is 19.4. The van der Waals surface area contributed by atoms with Crippen molar-refractivity contribution in [2.75, 3.05) is 0 Å². The molecular formula is C10H7F3O. The Bertz CT molecular complexity index is 338. The SMILES string of the molecule is O=C(C=CC(F)(F)F)c1ccccc1. The van der Waals surface area contributed by atoms with Gasteiger partial charge in [0.05, 0.1) is 0 Å². The Morgan fingerprint density at radius 2 is 1.71 bits per heavy atom. The average Bonchev–Trinajstić information content (AvgIpc) is 2.14. The van der Waals surface area contributed by atoms with Gasteiger partial charge in [0.15, 0.2) is 5.78 Å². The van der Waals surface area contributed by atoms with Crippen molar-refractivity contribution in [1.82, 2.24) is 0 Å². The maximum Gasteiger partial charge on any atom is 0.409 e. The lowest BCUT2D eigenvalue weighted by Gasteiger charge is -1.97. The molecule has 1 aromatic rings. The molecule has 0 radical (unpaired) electrons. The lowest BCUT2D eigenvalue weighted by molar-refractivity contribution is -0.0799. The Hall–Kier alpha value is -1.58. The normalized spacial score (nSPS) is 11.9. The average molecular weight is 200 g/mol. The Kier molecular flexibility index (Phi) is 3.06. The van der Waals surface area contributed by atoms with Crippen LogP contribution >= 0.6 is 0 Å². The smallest absolute Gasteiger partial charge is 0.289 e. The predicted octanol–water partition coefficient (Wildman–Crippen LogP) is 2.99. The first kappa shape index (κ1) is 10.5. The number of benzene rings is 1. The molecule has 0 aliphatic heterocycles. The number of halogens is 3. The molecule has 0 aliphatic rings. The van der Waals surface area contributed by atoms with E-state index in [-0.39, 0.29) is 11.6 Å². The van der Waals surface area contributed by atoms with Gasteiger partial charge in [-0.15, -0.1) is 0 Å². The van der Waals surface area contributed by atoms with Crippen molar-refractivity contribution >= 4 is 5.78 Å². The van der Waals surface area contributed by atoms with E-state index in [1.54, 1.807) is 18.2 Å². The summed E-state index contributed by atoms with van der Waals surface area (Å²) in [4.78, 5) is 11.1. The van der Waals surface area contributed by atoms with Crippen LogP contribution in [-0.4, -0.2) is 12.0 Å². The van der Waals surface area contributed by atoms with E-state index < -0.39 is 12.0 Å². The first-order chi connectivity index (χ1) is 6.49. The van der Waals surface area contributed by atoms with E-state index >= 15 is 0 Å².